The molecule has 1 rings (SSSR count). The first kappa shape index (κ1) is 14.9. The normalized spacial score (nSPS) is 27.0. The van der Waals surface area contributed by atoms with E-state index in [4.69, 9.17) is 0 Å². The van der Waals surface area contributed by atoms with Gasteiger partial charge in [0.1, 0.15) is 5.76 Å². The standard InChI is InChI=1S/C16H26O2/c1-6-15(18)16(12(5)17)14-9-11(4)7-8-13(14)10(2)3/h6,9-10,13-14,17-18H,7-8H2,1-5H3/b15-6+,16-12+/t13-,14+/m0/s1. The molecule has 2 nitrogen and oxygen atoms in total. The van der Waals surface area contributed by atoms with Gasteiger partial charge in [-0.1, -0.05) is 25.5 Å². The van der Waals surface area contributed by atoms with Crippen LogP contribution in [0.3, 0.4) is 0 Å². The summed E-state index contributed by atoms with van der Waals surface area (Å²) in [6.07, 6.45) is 6.11. The smallest absolute Gasteiger partial charge is 0.118 e. The van der Waals surface area contributed by atoms with E-state index in [0.717, 1.165) is 12.8 Å². The van der Waals surface area contributed by atoms with Gasteiger partial charge in [-0.25, -0.2) is 0 Å². The number of hydrogen-bond donors (Lipinski definition) is 2. The van der Waals surface area contributed by atoms with Gasteiger partial charge in [0.25, 0.3) is 0 Å². The van der Waals surface area contributed by atoms with Gasteiger partial charge in [0.15, 0.2) is 0 Å². The van der Waals surface area contributed by atoms with E-state index in [1.165, 1.54) is 5.57 Å². The maximum absolute atomic E-state index is 10.0. The van der Waals surface area contributed by atoms with Gasteiger partial charge in [-0.3, -0.25) is 0 Å². The third-order valence-corrected chi connectivity index (χ3v) is 3.93. The molecule has 0 saturated carbocycles. The fraction of sp³-hybridized carbons (Fsp3) is 0.625. The van der Waals surface area contributed by atoms with Crippen LogP contribution in [0.25, 0.3) is 0 Å². The molecule has 0 spiro atoms. The van der Waals surface area contributed by atoms with Crippen molar-refractivity contribution in [2.24, 2.45) is 17.8 Å². The fourth-order valence-electron chi connectivity index (χ4n) is 2.89. The van der Waals surface area contributed by atoms with E-state index in [1.54, 1.807) is 19.9 Å². The zero-order valence-corrected chi connectivity index (χ0v) is 12.2. The average molecular weight is 250 g/mol. The van der Waals surface area contributed by atoms with Crippen molar-refractivity contribution in [3.8, 4) is 0 Å². The highest BCUT2D eigenvalue weighted by molar-refractivity contribution is 5.34. The Morgan fingerprint density at radius 2 is 2.00 bits per heavy atom. The van der Waals surface area contributed by atoms with Crippen LogP contribution in [0, 0.1) is 17.8 Å². The summed E-state index contributed by atoms with van der Waals surface area (Å²) in [6, 6.07) is 0. The van der Waals surface area contributed by atoms with Crippen molar-refractivity contribution >= 4 is 0 Å². The van der Waals surface area contributed by atoms with Crippen LogP contribution in [0.15, 0.2) is 34.8 Å². The lowest BCUT2D eigenvalue weighted by Gasteiger charge is -2.34. The molecule has 1 aliphatic rings. The van der Waals surface area contributed by atoms with Gasteiger partial charge in [0.05, 0.1) is 5.76 Å². The molecular weight excluding hydrogens is 224 g/mol. The van der Waals surface area contributed by atoms with E-state index in [2.05, 4.69) is 26.8 Å². The minimum atomic E-state index is 0.125. The highest BCUT2D eigenvalue weighted by Gasteiger charge is 2.31. The van der Waals surface area contributed by atoms with Gasteiger partial charge in [-0.15, -0.1) is 0 Å². The first-order chi connectivity index (χ1) is 8.38. The van der Waals surface area contributed by atoms with Crippen LogP contribution in [-0.4, -0.2) is 10.2 Å². The maximum atomic E-state index is 10.0. The van der Waals surface area contributed by atoms with E-state index in [9.17, 15) is 10.2 Å². The first-order valence-electron chi connectivity index (χ1n) is 6.81. The van der Waals surface area contributed by atoms with Crippen LogP contribution >= 0.6 is 0 Å². The van der Waals surface area contributed by atoms with Gasteiger partial charge in [0.2, 0.25) is 0 Å². The number of allylic oxidation sites excluding steroid dienone is 5. The van der Waals surface area contributed by atoms with E-state index in [-0.39, 0.29) is 17.4 Å². The van der Waals surface area contributed by atoms with Crippen molar-refractivity contribution in [3.63, 3.8) is 0 Å². The Morgan fingerprint density at radius 3 is 2.44 bits per heavy atom. The van der Waals surface area contributed by atoms with Gasteiger partial charge in [-0.05, 0) is 51.5 Å². The summed E-state index contributed by atoms with van der Waals surface area (Å²) in [5.41, 5.74) is 2.04. The average Bonchev–Trinajstić information content (AvgIpc) is 2.28. The van der Waals surface area contributed by atoms with Crippen molar-refractivity contribution in [1.82, 2.24) is 0 Å². The molecule has 0 aromatic rings. The number of rotatable bonds is 3. The Labute approximate surface area is 111 Å². The number of aliphatic hydroxyl groups excluding tert-OH is 2. The highest BCUT2D eigenvalue weighted by atomic mass is 16.3. The second-order valence-corrected chi connectivity index (χ2v) is 5.66. The summed E-state index contributed by atoms with van der Waals surface area (Å²) in [4.78, 5) is 0. The van der Waals surface area contributed by atoms with E-state index in [1.807, 2.05) is 0 Å². The van der Waals surface area contributed by atoms with Crippen LogP contribution in [0.4, 0.5) is 0 Å². The van der Waals surface area contributed by atoms with Crippen molar-refractivity contribution in [3.05, 3.63) is 34.8 Å². The topological polar surface area (TPSA) is 40.5 Å². The predicted octanol–water partition coefficient (Wildman–Crippen LogP) is 4.91. The molecule has 0 bridgehead atoms. The largest absolute Gasteiger partial charge is 0.512 e. The molecule has 0 radical (unpaired) electrons. The minimum absolute atomic E-state index is 0.125. The SMILES string of the molecule is C/C=C(O)\C(=C(/C)O)[C@@H]1C=C(C)CC[C@H]1C(C)C. The van der Waals surface area contributed by atoms with Crippen molar-refractivity contribution in [2.75, 3.05) is 0 Å². The lowest BCUT2D eigenvalue weighted by molar-refractivity contribution is 0.267. The molecular formula is C16H26O2. The summed E-state index contributed by atoms with van der Waals surface area (Å²) in [6.45, 7) is 10.00. The molecule has 0 amide bonds. The van der Waals surface area contributed by atoms with Gasteiger partial charge in [-0.2, -0.15) is 0 Å². The third-order valence-electron chi connectivity index (χ3n) is 3.93. The molecule has 2 heteroatoms. The Balaban J connectivity index is 3.23. The van der Waals surface area contributed by atoms with Crippen molar-refractivity contribution < 1.29 is 10.2 Å². The molecule has 102 valence electrons. The van der Waals surface area contributed by atoms with E-state index in [0.29, 0.717) is 17.4 Å². The monoisotopic (exact) mass is 250 g/mol. The first-order valence-corrected chi connectivity index (χ1v) is 6.81. The summed E-state index contributed by atoms with van der Waals surface area (Å²) < 4.78 is 0. The predicted molar refractivity (Wildman–Crippen MR) is 76.5 cm³/mol. The fourth-order valence-corrected chi connectivity index (χ4v) is 2.89. The number of hydrogen-bond acceptors (Lipinski definition) is 2. The van der Waals surface area contributed by atoms with Crippen molar-refractivity contribution in [1.29, 1.82) is 0 Å². The van der Waals surface area contributed by atoms with E-state index < -0.39 is 0 Å². The van der Waals surface area contributed by atoms with Crippen LogP contribution in [-0.2, 0) is 0 Å². The van der Waals surface area contributed by atoms with Crippen LogP contribution in [0.5, 0.6) is 0 Å². The molecule has 1 aliphatic carbocycles. The lowest BCUT2D eigenvalue weighted by Crippen LogP contribution is -2.25. The van der Waals surface area contributed by atoms with Crippen molar-refractivity contribution in [2.45, 2.75) is 47.5 Å². The maximum Gasteiger partial charge on any atom is 0.118 e. The Kier molecular flexibility index (Phi) is 5.06. The summed E-state index contributed by atoms with van der Waals surface area (Å²) in [5.74, 6) is 1.58. The zero-order chi connectivity index (χ0) is 13.9. The summed E-state index contributed by atoms with van der Waals surface area (Å²) in [5, 5.41) is 19.9. The lowest BCUT2D eigenvalue weighted by atomic mass is 9.71. The molecule has 0 saturated heterocycles. The van der Waals surface area contributed by atoms with E-state index >= 15 is 0 Å². The minimum Gasteiger partial charge on any atom is -0.512 e. The molecule has 0 aromatic heterocycles. The van der Waals surface area contributed by atoms with Crippen LogP contribution in [0.1, 0.15) is 47.5 Å². The highest BCUT2D eigenvalue weighted by Crippen LogP contribution is 2.40. The Morgan fingerprint density at radius 1 is 1.39 bits per heavy atom. The van der Waals surface area contributed by atoms with Crippen LogP contribution < -0.4 is 0 Å². The Hall–Kier alpha value is -1.18. The summed E-state index contributed by atoms with van der Waals surface area (Å²) >= 11 is 0. The van der Waals surface area contributed by atoms with Crippen LogP contribution in [0.2, 0.25) is 0 Å². The third kappa shape index (κ3) is 3.18. The van der Waals surface area contributed by atoms with Gasteiger partial charge in [0, 0.05) is 11.5 Å². The molecule has 0 fully saturated rings. The molecule has 18 heavy (non-hydrogen) atoms. The molecule has 0 heterocycles. The Bertz CT molecular complexity index is 382. The zero-order valence-electron chi connectivity index (χ0n) is 12.2. The molecule has 0 unspecified atom stereocenters. The summed E-state index contributed by atoms with van der Waals surface area (Å²) in [7, 11) is 0. The molecule has 0 aromatic carbocycles. The second-order valence-electron chi connectivity index (χ2n) is 5.66. The number of aliphatic hydroxyl groups is 2. The molecule has 0 aliphatic heterocycles. The molecule has 2 atom stereocenters. The van der Waals surface area contributed by atoms with Gasteiger partial charge < -0.3 is 10.2 Å². The quantitative estimate of drug-likeness (QED) is 0.424. The molecule has 2 N–H and O–H groups in total. The second kappa shape index (κ2) is 6.12. The van der Waals surface area contributed by atoms with Gasteiger partial charge >= 0.3 is 0 Å².